The second kappa shape index (κ2) is 10.8. The molecular weight excluding hydrogens is 514 g/mol. The summed E-state index contributed by atoms with van der Waals surface area (Å²) in [6.07, 6.45) is 4.90. The van der Waals surface area contributed by atoms with Crippen molar-refractivity contribution in [2.75, 3.05) is 19.8 Å². The molecule has 0 unspecified atom stereocenters. The molecule has 0 bridgehead atoms. The average Bonchev–Trinajstić information content (AvgIpc) is 3.34. The number of aromatic amines is 1. The molecule has 0 radical (unpaired) electrons. The Morgan fingerprint density at radius 2 is 1.89 bits per heavy atom. The third-order valence-electron chi connectivity index (χ3n) is 6.66. The molecule has 2 amide bonds. The van der Waals surface area contributed by atoms with Gasteiger partial charge in [-0.3, -0.25) is 24.0 Å². The number of hydrogen-bond donors (Lipinski definition) is 4. The van der Waals surface area contributed by atoms with Gasteiger partial charge in [0.15, 0.2) is 5.56 Å². The summed E-state index contributed by atoms with van der Waals surface area (Å²) >= 11 is 0. The van der Waals surface area contributed by atoms with Gasteiger partial charge < -0.3 is 20.5 Å². The number of nitrogens with one attached hydrogen (secondary N) is 3. The first-order chi connectivity index (χ1) is 17.6. The highest BCUT2D eigenvalue weighted by Crippen LogP contribution is 2.28. The maximum absolute atomic E-state index is 13.3. The van der Waals surface area contributed by atoms with Crippen LogP contribution in [0.3, 0.4) is 0 Å². The normalized spacial score (nSPS) is 16.3. The lowest BCUT2D eigenvalue weighted by molar-refractivity contribution is 0.0643. The molecule has 1 aliphatic heterocycles. The van der Waals surface area contributed by atoms with Crippen LogP contribution in [-0.4, -0.2) is 67.1 Å². The maximum atomic E-state index is 13.3. The minimum Gasteiger partial charge on any atom is -0.494 e. The molecule has 3 aromatic heterocycles. The van der Waals surface area contributed by atoms with E-state index in [1.165, 1.54) is 10.8 Å². The largest absolute Gasteiger partial charge is 0.494 e. The van der Waals surface area contributed by atoms with Gasteiger partial charge in [-0.25, -0.2) is 0 Å². The molecule has 0 spiro atoms. The first kappa shape index (κ1) is 27.6. The van der Waals surface area contributed by atoms with Crippen LogP contribution in [0.5, 0.6) is 5.88 Å². The molecule has 1 saturated heterocycles. The van der Waals surface area contributed by atoms with Crippen LogP contribution in [0.1, 0.15) is 67.2 Å². The van der Waals surface area contributed by atoms with E-state index in [-0.39, 0.29) is 35.3 Å². The van der Waals surface area contributed by atoms with Crippen molar-refractivity contribution in [3.8, 4) is 17.3 Å². The second-order valence-electron chi connectivity index (χ2n) is 11.1. The quantitative estimate of drug-likeness (QED) is 0.353. The Hall–Kier alpha value is -3.38. The Balaban J connectivity index is 0.00000336. The Kier molecular flexibility index (Phi) is 7.84. The number of rotatable bonds is 7. The molecule has 1 saturated carbocycles. The van der Waals surface area contributed by atoms with E-state index in [1.807, 2.05) is 20.8 Å². The lowest BCUT2D eigenvalue weighted by Gasteiger charge is -2.23. The maximum Gasteiger partial charge on any atom is 0.291 e. The van der Waals surface area contributed by atoms with E-state index in [2.05, 4.69) is 25.9 Å². The highest BCUT2D eigenvalue weighted by molar-refractivity contribution is 5.99. The van der Waals surface area contributed by atoms with Crippen LogP contribution in [0.25, 0.3) is 17.0 Å². The van der Waals surface area contributed by atoms with Gasteiger partial charge in [0, 0.05) is 38.4 Å². The van der Waals surface area contributed by atoms with Crippen LogP contribution in [0.2, 0.25) is 0 Å². The summed E-state index contributed by atoms with van der Waals surface area (Å²) in [6, 6.07) is 1.62. The number of carbonyl (C=O) groups is 2. The minimum absolute atomic E-state index is 0. The number of aromatic nitrogens is 5. The van der Waals surface area contributed by atoms with E-state index in [1.54, 1.807) is 6.07 Å². The summed E-state index contributed by atoms with van der Waals surface area (Å²) in [5, 5.41) is 28.1. The SMILES string of the molecule is CC(C)(C)Cn1c(O)c(C(=O)NC2CC2)c(=O)n2nc(-c3[nH]ncc3C(=O)NCC3CCOCC3)cc12.Cl. The van der Waals surface area contributed by atoms with Crippen molar-refractivity contribution in [1.82, 2.24) is 35.0 Å². The van der Waals surface area contributed by atoms with Crippen molar-refractivity contribution in [3.05, 3.63) is 33.7 Å². The van der Waals surface area contributed by atoms with E-state index in [4.69, 9.17) is 4.74 Å². The van der Waals surface area contributed by atoms with Gasteiger partial charge in [0.1, 0.15) is 11.3 Å². The fraction of sp³-hybridized carbons (Fsp3) is 0.560. The number of halogens is 1. The first-order valence-corrected chi connectivity index (χ1v) is 12.7. The second-order valence-corrected chi connectivity index (χ2v) is 11.1. The van der Waals surface area contributed by atoms with Crippen molar-refractivity contribution >= 4 is 29.9 Å². The molecule has 4 heterocycles. The summed E-state index contributed by atoms with van der Waals surface area (Å²) in [6.45, 7) is 8.19. The van der Waals surface area contributed by atoms with Crippen molar-refractivity contribution < 1.29 is 19.4 Å². The lowest BCUT2D eigenvalue weighted by Crippen LogP contribution is -2.35. The van der Waals surface area contributed by atoms with Crippen LogP contribution in [0.15, 0.2) is 17.1 Å². The highest BCUT2D eigenvalue weighted by Gasteiger charge is 2.31. The van der Waals surface area contributed by atoms with E-state index in [0.29, 0.717) is 54.8 Å². The van der Waals surface area contributed by atoms with Gasteiger partial charge in [-0.1, -0.05) is 20.8 Å². The van der Waals surface area contributed by atoms with Gasteiger partial charge in [-0.15, -0.1) is 12.4 Å². The summed E-state index contributed by atoms with van der Waals surface area (Å²) in [5.74, 6) is -0.979. The van der Waals surface area contributed by atoms with Crippen LogP contribution in [-0.2, 0) is 11.3 Å². The van der Waals surface area contributed by atoms with Crippen LogP contribution < -0.4 is 16.2 Å². The van der Waals surface area contributed by atoms with E-state index in [0.717, 1.165) is 30.2 Å². The number of H-pyrrole nitrogens is 1. The molecule has 3 aromatic rings. The standard InChI is InChI=1S/C25H33N7O5.ClH/c1-25(2,3)13-31-18-10-17(30-32(18)24(36)19(23(31)35)22(34)28-15-4-5-15)20-16(12-27-29-20)21(33)26-11-14-6-8-37-9-7-14;/h10,12,14-15,35H,4-9,11,13H2,1-3H3,(H,26,33)(H,27,29)(H,28,34);1H. The summed E-state index contributed by atoms with van der Waals surface area (Å²) in [4.78, 5) is 39.2. The van der Waals surface area contributed by atoms with E-state index >= 15 is 0 Å². The molecule has 38 heavy (non-hydrogen) atoms. The molecule has 206 valence electrons. The number of amides is 2. The monoisotopic (exact) mass is 547 g/mol. The zero-order valence-corrected chi connectivity index (χ0v) is 22.6. The van der Waals surface area contributed by atoms with Gasteiger partial charge in [-0.2, -0.15) is 14.7 Å². The Morgan fingerprint density at radius 1 is 1.18 bits per heavy atom. The molecule has 2 fully saturated rings. The topological polar surface area (TPSA) is 156 Å². The van der Waals surface area contributed by atoms with Gasteiger partial charge in [0.25, 0.3) is 17.4 Å². The predicted octanol–water partition coefficient (Wildman–Crippen LogP) is 2.11. The molecule has 1 aliphatic carbocycles. The Morgan fingerprint density at radius 3 is 2.55 bits per heavy atom. The predicted molar refractivity (Wildman–Crippen MR) is 142 cm³/mol. The van der Waals surface area contributed by atoms with Crippen LogP contribution in [0, 0.1) is 11.3 Å². The fourth-order valence-corrected chi connectivity index (χ4v) is 4.53. The number of aromatic hydroxyl groups is 1. The molecule has 4 N–H and O–H groups in total. The Bertz CT molecular complexity index is 1390. The molecule has 5 rings (SSSR count). The van der Waals surface area contributed by atoms with Gasteiger partial charge in [0.05, 0.1) is 17.5 Å². The number of nitrogens with zero attached hydrogens (tertiary/aromatic N) is 4. The van der Waals surface area contributed by atoms with E-state index in [9.17, 15) is 19.5 Å². The van der Waals surface area contributed by atoms with Gasteiger partial charge >= 0.3 is 0 Å². The van der Waals surface area contributed by atoms with Gasteiger partial charge in [-0.05, 0) is 37.0 Å². The zero-order chi connectivity index (χ0) is 26.3. The van der Waals surface area contributed by atoms with Crippen molar-refractivity contribution in [3.63, 3.8) is 0 Å². The molecule has 0 aromatic carbocycles. The lowest BCUT2D eigenvalue weighted by atomic mass is 9.96. The minimum atomic E-state index is -0.730. The summed E-state index contributed by atoms with van der Waals surface area (Å²) < 4.78 is 8.00. The average molecular weight is 548 g/mol. The summed E-state index contributed by atoms with van der Waals surface area (Å²) in [7, 11) is 0. The van der Waals surface area contributed by atoms with Crippen molar-refractivity contribution in [2.24, 2.45) is 11.3 Å². The zero-order valence-electron chi connectivity index (χ0n) is 21.7. The third-order valence-corrected chi connectivity index (χ3v) is 6.66. The molecule has 2 aliphatic rings. The summed E-state index contributed by atoms with van der Waals surface area (Å²) in [5.41, 5.74) is -0.125. The van der Waals surface area contributed by atoms with E-state index < -0.39 is 17.3 Å². The highest BCUT2D eigenvalue weighted by atomic mass is 35.5. The number of carbonyl (C=O) groups excluding carboxylic acids is 2. The third kappa shape index (κ3) is 5.70. The van der Waals surface area contributed by atoms with Crippen LogP contribution >= 0.6 is 12.4 Å². The van der Waals surface area contributed by atoms with Gasteiger partial charge in [0.2, 0.25) is 5.88 Å². The molecule has 13 heteroatoms. The first-order valence-electron chi connectivity index (χ1n) is 12.7. The fourth-order valence-electron chi connectivity index (χ4n) is 4.53. The number of hydrogen-bond acceptors (Lipinski definition) is 7. The molecule has 12 nitrogen and oxygen atoms in total. The molecular formula is C25H34ClN7O5. The smallest absolute Gasteiger partial charge is 0.291 e. The Labute approximate surface area is 225 Å². The number of fused-ring (bicyclic) bond motifs is 1. The molecule has 0 atom stereocenters. The van der Waals surface area contributed by atoms with Crippen LogP contribution in [0.4, 0.5) is 0 Å². The van der Waals surface area contributed by atoms with Crippen molar-refractivity contribution in [2.45, 2.75) is 59.0 Å². The van der Waals surface area contributed by atoms with Crippen molar-refractivity contribution in [1.29, 1.82) is 0 Å². The number of ether oxygens (including phenoxy) is 1.